The van der Waals surface area contributed by atoms with Crippen molar-refractivity contribution in [2.75, 3.05) is 19.7 Å². The first-order valence-electron chi connectivity index (χ1n) is 7.40. The van der Waals surface area contributed by atoms with Crippen LogP contribution in [0.4, 0.5) is 0 Å². The smallest absolute Gasteiger partial charge is 0.0926 e. The highest BCUT2D eigenvalue weighted by Crippen LogP contribution is 2.33. The summed E-state index contributed by atoms with van der Waals surface area (Å²) in [7, 11) is 0. The van der Waals surface area contributed by atoms with Gasteiger partial charge in [-0.05, 0) is 18.3 Å². The Bertz CT molecular complexity index is 243. The van der Waals surface area contributed by atoms with Gasteiger partial charge in [0.05, 0.1) is 12.2 Å². The molecule has 4 atom stereocenters. The van der Waals surface area contributed by atoms with Crippen LogP contribution < -0.4 is 5.32 Å². The van der Waals surface area contributed by atoms with E-state index < -0.39 is 12.2 Å². The quantitative estimate of drug-likeness (QED) is 0.592. The van der Waals surface area contributed by atoms with Crippen LogP contribution in [0.25, 0.3) is 0 Å². The Morgan fingerprint density at radius 3 is 2.44 bits per heavy atom. The van der Waals surface area contributed by atoms with Crippen LogP contribution in [0.15, 0.2) is 0 Å². The molecule has 2 aliphatic rings. The van der Waals surface area contributed by atoms with E-state index in [1.54, 1.807) is 0 Å². The molecule has 1 aliphatic heterocycles. The standard InChI is InChI=1S/C14H27NO3/c16-9-11(6-10-4-2-1-3-5-10)12-7-15-8-13(17)14(12)18/h10-18H,1-9H2/t11?,12-,13-,14-/m1/s1. The summed E-state index contributed by atoms with van der Waals surface area (Å²) in [5.41, 5.74) is 0. The van der Waals surface area contributed by atoms with Crippen molar-refractivity contribution >= 4 is 0 Å². The number of piperidine rings is 1. The monoisotopic (exact) mass is 257 g/mol. The molecule has 1 heterocycles. The summed E-state index contributed by atoms with van der Waals surface area (Å²) < 4.78 is 0. The first kappa shape index (κ1) is 14.3. The van der Waals surface area contributed by atoms with Crippen LogP contribution >= 0.6 is 0 Å². The molecular weight excluding hydrogens is 230 g/mol. The van der Waals surface area contributed by atoms with Gasteiger partial charge < -0.3 is 20.6 Å². The van der Waals surface area contributed by atoms with Gasteiger partial charge in [0.15, 0.2) is 0 Å². The molecule has 0 spiro atoms. The molecule has 0 radical (unpaired) electrons. The molecule has 4 nitrogen and oxygen atoms in total. The van der Waals surface area contributed by atoms with E-state index in [0.29, 0.717) is 19.0 Å². The third kappa shape index (κ3) is 3.44. The van der Waals surface area contributed by atoms with Gasteiger partial charge in [0.2, 0.25) is 0 Å². The number of hydrogen-bond acceptors (Lipinski definition) is 4. The zero-order valence-corrected chi connectivity index (χ0v) is 11.1. The van der Waals surface area contributed by atoms with E-state index in [1.165, 1.54) is 32.1 Å². The third-order valence-corrected chi connectivity index (χ3v) is 4.77. The average Bonchev–Trinajstić information content (AvgIpc) is 2.41. The number of rotatable bonds is 4. The lowest BCUT2D eigenvalue weighted by molar-refractivity contribution is -0.0631. The van der Waals surface area contributed by atoms with Crippen molar-refractivity contribution in [1.29, 1.82) is 0 Å². The van der Waals surface area contributed by atoms with Gasteiger partial charge in [-0.1, -0.05) is 32.1 Å². The summed E-state index contributed by atoms with van der Waals surface area (Å²) in [6.45, 7) is 1.28. The van der Waals surface area contributed by atoms with Gasteiger partial charge in [0, 0.05) is 25.6 Å². The van der Waals surface area contributed by atoms with Gasteiger partial charge in [-0.2, -0.15) is 0 Å². The Kier molecular flexibility index (Phi) is 5.42. The maximum atomic E-state index is 10.1. The van der Waals surface area contributed by atoms with E-state index in [2.05, 4.69) is 5.32 Å². The summed E-state index contributed by atoms with van der Waals surface area (Å²) in [5, 5.41) is 32.5. The van der Waals surface area contributed by atoms with Crippen LogP contribution in [0.2, 0.25) is 0 Å². The molecular formula is C14H27NO3. The normalized spacial score (nSPS) is 36.5. The summed E-state index contributed by atoms with van der Waals surface area (Å²) in [4.78, 5) is 0. The highest BCUT2D eigenvalue weighted by atomic mass is 16.3. The van der Waals surface area contributed by atoms with Crippen LogP contribution in [-0.4, -0.2) is 47.2 Å². The van der Waals surface area contributed by atoms with Crippen molar-refractivity contribution < 1.29 is 15.3 Å². The molecule has 4 N–H and O–H groups in total. The lowest BCUT2D eigenvalue weighted by atomic mass is 9.75. The molecule has 1 saturated heterocycles. The number of nitrogens with one attached hydrogen (secondary N) is 1. The lowest BCUT2D eigenvalue weighted by Gasteiger charge is -2.38. The first-order chi connectivity index (χ1) is 8.72. The molecule has 0 aromatic heterocycles. The molecule has 1 saturated carbocycles. The molecule has 18 heavy (non-hydrogen) atoms. The predicted molar refractivity (Wildman–Crippen MR) is 70.1 cm³/mol. The molecule has 2 fully saturated rings. The van der Waals surface area contributed by atoms with Crippen molar-refractivity contribution in [2.45, 2.75) is 50.7 Å². The molecule has 2 rings (SSSR count). The van der Waals surface area contributed by atoms with E-state index in [0.717, 1.165) is 6.42 Å². The molecule has 0 bridgehead atoms. The second-order valence-electron chi connectivity index (χ2n) is 6.06. The molecule has 0 amide bonds. The van der Waals surface area contributed by atoms with Gasteiger partial charge in [-0.25, -0.2) is 0 Å². The SMILES string of the molecule is OCC(CC1CCCCC1)[C@H]1CNC[C@@H](O)[C@@H]1O. The predicted octanol–water partition coefficient (Wildman–Crippen LogP) is 0.506. The minimum atomic E-state index is -0.691. The Labute approximate surface area is 109 Å². The van der Waals surface area contributed by atoms with Gasteiger partial charge in [0.1, 0.15) is 0 Å². The van der Waals surface area contributed by atoms with E-state index >= 15 is 0 Å². The fourth-order valence-electron chi connectivity index (χ4n) is 3.61. The van der Waals surface area contributed by atoms with Crippen molar-refractivity contribution in [3.8, 4) is 0 Å². The molecule has 0 aromatic carbocycles. The van der Waals surface area contributed by atoms with Crippen LogP contribution in [-0.2, 0) is 0 Å². The summed E-state index contributed by atoms with van der Waals surface area (Å²) in [5.74, 6) is 0.799. The number of hydrogen-bond donors (Lipinski definition) is 4. The minimum Gasteiger partial charge on any atom is -0.396 e. The Morgan fingerprint density at radius 2 is 1.78 bits per heavy atom. The fraction of sp³-hybridized carbons (Fsp3) is 1.00. The molecule has 4 heteroatoms. The molecule has 1 aliphatic carbocycles. The third-order valence-electron chi connectivity index (χ3n) is 4.77. The summed E-state index contributed by atoms with van der Waals surface area (Å²) in [6.07, 6.45) is 6.08. The van der Waals surface area contributed by atoms with Gasteiger partial charge in [0.25, 0.3) is 0 Å². The van der Waals surface area contributed by atoms with Crippen LogP contribution in [0.3, 0.4) is 0 Å². The topological polar surface area (TPSA) is 72.7 Å². The first-order valence-corrected chi connectivity index (χ1v) is 7.40. The Hall–Kier alpha value is -0.160. The van der Waals surface area contributed by atoms with Gasteiger partial charge >= 0.3 is 0 Å². The number of aliphatic hydroxyl groups is 3. The fourth-order valence-corrected chi connectivity index (χ4v) is 3.61. The molecule has 0 aromatic rings. The largest absolute Gasteiger partial charge is 0.396 e. The summed E-state index contributed by atoms with van der Waals surface area (Å²) in [6, 6.07) is 0. The van der Waals surface area contributed by atoms with E-state index in [-0.39, 0.29) is 18.4 Å². The summed E-state index contributed by atoms with van der Waals surface area (Å²) >= 11 is 0. The van der Waals surface area contributed by atoms with E-state index in [1.807, 2.05) is 0 Å². The Morgan fingerprint density at radius 1 is 1.06 bits per heavy atom. The molecule has 1 unspecified atom stereocenters. The zero-order valence-electron chi connectivity index (χ0n) is 11.1. The van der Waals surface area contributed by atoms with E-state index in [9.17, 15) is 15.3 Å². The highest BCUT2D eigenvalue weighted by Gasteiger charge is 2.36. The van der Waals surface area contributed by atoms with Crippen LogP contribution in [0.5, 0.6) is 0 Å². The second-order valence-corrected chi connectivity index (χ2v) is 6.06. The van der Waals surface area contributed by atoms with Gasteiger partial charge in [-0.3, -0.25) is 0 Å². The average molecular weight is 257 g/mol. The van der Waals surface area contributed by atoms with Crippen LogP contribution in [0.1, 0.15) is 38.5 Å². The van der Waals surface area contributed by atoms with Crippen molar-refractivity contribution in [2.24, 2.45) is 17.8 Å². The number of aliphatic hydroxyl groups excluding tert-OH is 3. The van der Waals surface area contributed by atoms with Crippen molar-refractivity contribution in [3.63, 3.8) is 0 Å². The highest BCUT2D eigenvalue weighted by molar-refractivity contribution is 4.89. The van der Waals surface area contributed by atoms with Crippen molar-refractivity contribution in [3.05, 3.63) is 0 Å². The molecule has 106 valence electrons. The maximum absolute atomic E-state index is 10.1. The van der Waals surface area contributed by atoms with Crippen molar-refractivity contribution in [1.82, 2.24) is 5.32 Å². The van der Waals surface area contributed by atoms with Gasteiger partial charge in [-0.15, -0.1) is 0 Å². The Balaban J connectivity index is 1.90. The minimum absolute atomic E-state index is 0.0133. The second kappa shape index (κ2) is 6.85. The number of β-amino-alcohol motifs (C(OH)–C–C–N with tert-alkyl or cyclic N) is 1. The maximum Gasteiger partial charge on any atom is 0.0926 e. The lowest BCUT2D eigenvalue weighted by Crippen LogP contribution is -2.53. The zero-order chi connectivity index (χ0) is 13.0. The van der Waals surface area contributed by atoms with E-state index in [4.69, 9.17) is 0 Å². The van der Waals surface area contributed by atoms with Crippen LogP contribution in [0, 0.1) is 17.8 Å².